The minimum Gasteiger partial charge on any atom is -0.271 e. The molecule has 1 rings (SSSR count). The number of rotatable bonds is 2. The van der Waals surface area contributed by atoms with Crippen molar-refractivity contribution in [1.82, 2.24) is 0 Å². The van der Waals surface area contributed by atoms with Crippen LogP contribution in [0.3, 0.4) is 0 Å². The van der Waals surface area contributed by atoms with Crippen molar-refractivity contribution in [3.05, 3.63) is 28.5 Å². The van der Waals surface area contributed by atoms with E-state index in [0.717, 1.165) is 6.07 Å². The molecular weight excluding hydrogens is 263 g/mol. The zero-order chi connectivity index (χ0) is 10.1. The van der Waals surface area contributed by atoms with E-state index in [1.165, 1.54) is 12.1 Å². The van der Waals surface area contributed by atoms with Gasteiger partial charge < -0.3 is 0 Å². The van der Waals surface area contributed by atoms with E-state index < -0.39 is 16.0 Å². The quantitative estimate of drug-likeness (QED) is 0.846. The van der Waals surface area contributed by atoms with Gasteiger partial charge in [0, 0.05) is 0 Å². The van der Waals surface area contributed by atoms with Crippen molar-refractivity contribution < 1.29 is 12.8 Å². The second kappa shape index (κ2) is 3.60. The first-order chi connectivity index (χ1) is 5.88. The number of benzene rings is 1. The van der Waals surface area contributed by atoms with Gasteiger partial charge in [0.05, 0.1) is 10.2 Å². The summed E-state index contributed by atoms with van der Waals surface area (Å²) in [7, 11) is -3.80. The van der Waals surface area contributed by atoms with Crippen LogP contribution < -0.4 is 9.86 Å². The first kappa shape index (κ1) is 10.4. The van der Waals surface area contributed by atoms with Gasteiger partial charge in [-0.15, -0.1) is 0 Å². The molecule has 0 saturated heterocycles. The SMILES string of the molecule is NS(=O)(=O)Nc1ccc(F)c(Br)c1. The Morgan fingerprint density at radius 1 is 1.46 bits per heavy atom. The maximum Gasteiger partial charge on any atom is 0.296 e. The highest BCUT2D eigenvalue weighted by atomic mass is 79.9. The molecule has 0 heterocycles. The third-order valence-corrected chi connectivity index (χ3v) is 2.31. The number of hydrogen-bond donors (Lipinski definition) is 2. The van der Waals surface area contributed by atoms with Crippen LogP contribution in [0.4, 0.5) is 10.1 Å². The Bertz CT molecular complexity index is 421. The average molecular weight is 269 g/mol. The van der Waals surface area contributed by atoms with Crippen molar-refractivity contribution in [2.24, 2.45) is 5.14 Å². The highest BCUT2D eigenvalue weighted by molar-refractivity contribution is 9.10. The minimum absolute atomic E-state index is 0.168. The number of nitrogens with two attached hydrogens (primary N) is 1. The molecule has 0 radical (unpaired) electrons. The van der Waals surface area contributed by atoms with Crippen molar-refractivity contribution in [2.75, 3.05) is 4.72 Å². The smallest absolute Gasteiger partial charge is 0.271 e. The summed E-state index contributed by atoms with van der Waals surface area (Å²) in [6, 6.07) is 3.67. The van der Waals surface area contributed by atoms with E-state index in [0.29, 0.717) is 0 Å². The highest BCUT2D eigenvalue weighted by Crippen LogP contribution is 2.20. The summed E-state index contributed by atoms with van der Waals surface area (Å²) in [6.45, 7) is 0. The van der Waals surface area contributed by atoms with Gasteiger partial charge in [-0.25, -0.2) is 9.53 Å². The summed E-state index contributed by atoms with van der Waals surface area (Å²) in [6.07, 6.45) is 0. The Morgan fingerprint density at radius 3 is 2.54 bits per heavy atom. The van der Waals surface area contributed by atoms with Gasteiger partial charge >= 0.3 is 0 Å². The Balaban J connectivity index is 2.99. The van der Waals surface area contributed by atoms with Crippen LogP contribution in [0.15, 0.2) is 22.7 Å². The largest absolute Gasteiger partial charge is 0.296 e. The Morgan fingerprint density at radius 2 is 2.08 bits per heavy atom. The fraction of sp³-hybridized carbons (Fsp3) is 0. The van der Waals surface area contributed by atoms with Crippen molar-refractivity contribution >= 4 is 31.8 Å². The van der Waals surface area contributed by atoms with E-state index in [1.807, 2.05) is 4.72 Å². The molecule has 0 spiro atoms. The van der Waals surface area contributed by atoms with Crippen LogP contribution >= 0.6 is 15.9 Å². The third-order valence-electron chi connectivity index (χ3n) is 1.18. The molecular formula is C6H6BrFN2O2S. The molecule has 72 valence electrons. The van der Waals surface area contributed by atoms with Gasteiger partial charge in [-0.2, -0.15) is 8.42 Å². The Labute approximate surface area is 83.3 Å². The van der Waals surface area contributed by atoms with Gasteiger partial charge in [-0.1, -0.05) is 0 Å². The number of halogens is 2. The van der Waals surface area contributed by atoms with Crippen LogP contribution in [0.25, 0.3) is 0 Å². The van der Waals surface area contributed by atoms with Crippen molar-refractivity contribution in [1.29, 1.82) is 0 Å². The van der Waals surface area contributed by atoms with E-state index in [9.17, 15) is 12.8 Å². The lowest BCUT2D eigenvalue weighted by molar-refractivity contribution is 0.602. The second-order valence-corrected chi connectivity index (χ2v) is 4.42. The molecule has 0 amide bonds. The first-order valence-electron chi connectivity index (χ1n) is 3.14. The predicted octanol–water partition coefficient (Wildman–Crippen LogP) is 1.20. The van der Waals surface area contributed by atoms with Crippen LogP contribution in [-0.4, -0.2) is 8.42 Å². The second-order valence-electron chi connectivity index (χ2n) is 2.28. The molecule has 0 aromatic heterocycles. The van der Waals surface area contributed by atoms with E-state index in [2.05, 4.69) is 15.9 Å². The predicted molar refractivity (Wildman–Crippen MR) is 50.8 cm³/mol. The fourth-order valence-corrected chi connectivity index (χ4v) is 1.56. The molecule has 4 nitrogen and oxygen atoms in total. The lowest BCUT2D eigenvalue weighted by Crippen LogP contribution is -2.21. The number of anilines is 1. The molecule has 0 fully saturated rings. The highest BCUT2D eigenvalue weighted by Gasteiger charge is 2.04. The molecule has 1 aromatic rings. The number of nitrogens with one attached hydrogen (secondary N) is 1. The summed E-state index contributed by atoms with van der Waals surface area (Å²) in [5.41, 5.74) is 0.204. The lowest BCUT2D eigenvalue weighted by Gasteiger charge is -2.03. The zero-order valence-electron chi connectivity index (χ0n) is 6.29. The molecule has 0 aliphatic carbocycles. The maximum absolute atomic E-state index is 12.7. The zero-order valence-corrected chi connectivity index (χ0v) is 8.69. The van der Waals surface area contributed by atoms with Crippen LogP contribution in [0.1, 0.15) is 0 Å². The van der Waals surface area contributed by atoms with Gasteiger partial charge in [-0.05, 0) is 34.1 Å². The molecule has 0 bridgehead atoms. The summed E-state index contributed by atoms with van der Waals surface area (Å²) in [5.74, 6) is -0.472. The molecule has 0 atom stereocenters. The van der Waals surface area contributed by atoms with Gasteiger partial charge in [-0.3, -0.25) is 4.72 Å². The average Bonchev–Trinajstić information content (AvgIpc) is 1.94. The van der Waals surface area contributed by atoms with Crippen LogP contribution in [0.2, 0.25) is 0 Å². The van der Waals surface area contributed by atoms with E-state index in [4.69, 9.17) is 5.14 Å². The van der Waals surface area contributed by atoms with Gasteiger partial charge in [0.1, 0.15) is 5.82 Å². The molecule has 0 aliphatic rings. The van der Waals surface area contributed by atoms with Crippen molar-refractivity contribution in [2.45, 2.75) is 0 Å². The first-order valence-corrected chi connectivity index (χ1v) is 5.48. The molecule has 0 unspecified atom stereocenters. The summed E-state index contributed by atoms with van der Waals surface area (Å²) in [5, 5.41) is 4.71. The Kier molecular flexibility index (Phi) is 2.89. The van der Waals surface area contributed by atoms with E-state index in [-0.39, 0.29) is 10.2 Å². The molecule has 0 saturated carbocycles. The summed E-state index contributed by atoms with van der Waals surface area (Å²) >= 11 is 2.90. The maximum atomic E-state index is 12.7. The Hall–Kier alpha value is -0.660. The van der Waals surface area contributed by atoms with Gasteiger partial charge in [0.15, 0.2) is 0 Å². The topological polar surface area (TPSA) is 72.2 Å². The minimum atomic E-state index is -3.80. The van der Waals surface area contributed by atoms with Crippen LogP contribution in [0, 0.1) is 5.82 Å². The molecule has 13 heavy (non-hydrogen) atoms. The summed E-state index contributed by atoms with van der Waals surface area (Å²) < 4.78 is 36.0. The monoisotopic (exact) mass is 268 g/mol. The third kappa shape index (κ3) is 3.29. The van der Waals surface area contributed by atoms with Gasteiger partial charge in [0.2, 0.25) is 0 Å². The van der Waals surface area contributed by atoms with Crippen LogP contribution in [-0.2, 0) is 10.2 Å². The van der Waals surface area contributed by atoms with Crippen molar-refractivity contribution in [3.63, 3.8) is 0 Å². The lowest BCUT2D eigenvalue weighted by atomic mass is 10.3. The molecule has 3 N–H and O–H groups in total. The van der Waals surface area contributed by atoms with Crippen LogP contribution in [0.5, 0.6) is 0 Å². The van der Waals surface area contributed by atoms with Crippen molar-refractivity contribution in [3.8, 4) is 0 Å². The molecule has 0 aliphatic heterocycles. The van der Waals surface area contributed by atoms with Gasteiger partial charge in [0.25, 0.3) is 10.2 Å². The standard InChI is InChI=1S/C6H6BrFN2O2S/c7-5-3-4(1-2-6(5)8)10-13(9,11)12/h1-3,10H,(H2,9,11,12). The molecule has 7 heteroatoms. The molecule has 1 aromatic carbocycles. The fourth-order valence-electron chi connectivity index (χ4n) is 0.724. The summed E-state index contributed by atoms with van der Waals surface area (Å²) in [4.78, 5) is 0. The van der Waals surface area contributed by atoms with E-state index >= 15 is 0 Å². The van der Waals surface area contributed by atoms with E-state index in [1.54, 1.807) is 0 Å². The normalized spacial score (nSPS) is 11.3. The number of hydrogen-bond acceptors (Lipinski definition) is 2.